The molecule has 31 heavy (non-hydrogen) atoms. The highest BCUT2D eigenvalue weighted by Gasteiger charge is 2.22. The maximum Gasteiger partial charge on any atom is 0.257 e. The number of anilines is 2. The van der Waals surface area contributed by atoms with Crippen LogP contribution in [0.25, 0.3) is 16.6 Å². The predicted octanol–water partition coefficient (Wildman–Crippen LogP) is 2.72. The van der Waals surface area contributed by atoms with E-state index in [9.17, 15) is 9.18 Å². The minimum absolute atomic E-state index is 0.234. The van der Waals surface area contributed by atoms with E-state index in [2.05, 4.69) is 32.5 Å². The van der Waals surface area contributed by atoms with Crippen LogP contribution in [-0.4, -0.2) is 50.7 Å². The Bertz CT molecular complexity index is 1310. The third kappa shape index (κ3) is 3.50. The molecule has 1 aromatic carbocycles. The monoisotopic (exact) mass is 421 g/mol. The van der Waals surface area contributed by atoms with Gasteiger partial charge in [-0.15, -0.1) is 0 Å². The van der Waals surface area contributed by atoms with E-state index in [1.54, 1.807) is 34.5 Å². The van der Waals surface area contributed by atoms with Crippen molar-refractivity contribution >= 4 is 33.8 Å². The van der Waals surface area contributed by atoms with Crippen molar-refractivity contribution in [3.05, 3.63) is 53.9 Å². The fourth-order valence-corrected chi connectivity index (χ4v) is 4.26. The van der Waals surface area contributed by atoms with Crippen LogP contribution in [0.2, 0.25) is 0 Å². The Morgan fingerprint density at radius 3 is 2.94 bits per heavy atom. The Balaban J connectivity index is 1.50. The van der Waals surface area contributed by atoms with Crippen LogP contribution in [0, 0.1) is 12.7 Å². The Kier molecular flexibility index (Phi) is 4.62. The molecule has 0 bridgehead atoms. The summed E-state index contributed by atoms with van der Waals surface area (Å²) >= 11 is 0. The summed E-state index contributed by atoms with van der Waals surface area (Å²) in [6.45, 7) is 6.64. The number of hydrogen-bond donors (Lipinski definition) is 2. The molecule has 0 spiro atoms. The Morgan fingerprint density at radius 2 is 2.13 bits per heavy atom. The fourth-order valence-electron chi connectivity index (χ4n) is 4.26. The number of amides is 1. The van der Waals surface area contributed by atoms with Gasteiger partial charge in [-0.1, -0.05) is 0 Å². The molecule has 4 heterocycles. The highest BCUT2D eigenvalue weighted by molar-refractivity contribution is 6.13. The summed E-state index contributed by atoms with van der Waals surface area (Å²) in [5.74, 6) is -0.823. The molecule has 1 fully saturated rings. The maximum atomic E-state index is 14.4. The highest BCUT2D eigenvalue weighted by Crippen LogP contribution is 2.30. The van der Waals surface area contributed by atoms with Crippen molar-refractivity contribution in [2.24, 2.45) is 7.05 Å². The van der Waals surface area contributed by atoms with Crippen molar-refractivity contribution in [1.82, 2.24) is 24.5 Å². The van der Waals surface area contributed by atoms with Crippen LogP contribution in [0.4, 0.5) is 15.8 Å². The third-order valence-corrected chi connectivity index (χ3v) is 5.61. The predicted molar refractivity (Wildman–Crippen MR) is 118 cm³/mol. The van der Waals surface area contributed by atoms with E-state index in [4.69, 9.17) is 0 Å². The molecule has 1 unspecified atom stereocenters. The smallest absolute Gasteiger partial charge is 0.257 e. The van der Waals surface area contributed by atoms with Gasteiger partial charge in [-0.05, 0) is 26.0 Å². The number of imidazole rings is 1. The van der Waals surface area contributed by atoms with E-state index in [0.29, 0.717) is 28.5 Å². The van der Waals surface area contributed by atoms with Crippen molar-refractivity contribution < 1.29 is 9.18 Å². The summed E-state index contributed by atoms with van der Waals surface area (Å²) in [6.07, 6.45) is 5.31. The molecular formula is C22H24FN7O. The van der Waals surface area contributed by atoms with Crippen molar-refractivity contribution in [2.45, 2.75) is 19.9 Å². The number of carbonyl (C=O) groups excluding carboxylic acids is 1. The van der Waals surface area contributed by atoms with Crippen LogP contribution in [0.15, 0.2) is 36.8 Å². The second kappa shape index (κ2) is 7.35. The lowest BCUT2D eigenvalue weighted by Gasteiger charge is -2.34. The molecule has 1 atom stereocenters. The van der Waals surface area contributed by atoms with E-state index in [1.165, 1.54) is 6.07 Å². The molecule has 3 aromatic heterocycles. The zero-order valence-electron chi connectivity index (χ0n) is 17.7. The zero-order valence-corrected chi connectivity index (χ0v) is 17.7. The molecule has 0 saturated carbocycles. The minimum atomic E-state index is -0.489. The molecule has 1 aliphatic heterocycles. The van der Waals surface area contributed by atoms with Gasteiger partial charge >= 0.3 is 0 Å². The average Bonchev–Trinajstić information content (AvgIpc) is 3.28. The maximum absolute atomic E-state index is 14.4. The van der Waals surface area contributed by atoms with Crippen LogP contribution >= 0.6 is 0 Å². The first-order valence-corrected chi connectivity index (χ1v) is 10.3. The first-order valence-electron chi connectivity index (χ1n) is 10.3. The van der Waals surface area contributed by atoms with Gasteiger partial charge in [-0.3, -0.25) is 9.48 Å². The molecule has 8 nitrogen and oxygen atoms in total. The number of halogens is 1. The van der Waals surface area contributed by atoms with E-state index in [1.807, 2.05) is 19.3 Å². The summed E-state index contributed by atoms with van der Waals surface area (Å²) in [6, 6.07) is 5.44. The molecule has 1 aliphatic rings. The second-order valence-corrected chi connectivity index (χ2v) is 8.14. The molecule has 1 amide bonds. The summed E-state index contributed by atoms with van der Waals surface area (Å²) in [4.78, 5) is 19.6. The Morgan fingerprint density at radius 1 is 1.29 bits per heavy atom. The number of benzene rings is 1. The molecule has 2 N–H and O–H groups in total. The lowest BCUT2D eigenvalue weighted by molar-refractivity contribution is 0.102. The normalized spacial score (nSPS) is 16.9. The number of piperazine rings is 1. The number of pyridine rings is 1. The molecule has 0 aliphatic carbocycles. The van der Waals surface area contributed by atoms with Gasteiger partial charge in [0.05, 0.1) is 16.9 Å². The Labute approximate surface area is 178 Å². The lowest BCUT2D eigenvalue weighted by Crippen LogP contribution is -2.49. The number of hydrogen-bond acceptors (Lipinski definition) is 5. The minimum Gasteiger partial charge on any atom is -0.368 e. The molecule has 5 rings (SSSR count). The molecule has 1 saturated heterocycles. The van der Waals surface area contributed by atoms with Crippen molar-refractivity contribution in [3.8, 4) is 0 Å². The van der Waals surface area contributed by atoms with Crippen LogP contribution in [0.3, 0.4) is 0 Å². The number of rotatable bonds is 3. The number of fused-ring (bicyclic) bond motifs is 2. The highest BCUT2D eigenvalue weighted by atomic mass is 19.1. The van der Waals surface area contributed by atoms with Gasteiger partial charge < -0.3 is 19.9 Å². The molecular weight excluding hydrogens is 397 g/mol. The lowest BCUT2D eigenvalue weighted by atomic mass is 10.1. The van der Waals surface area contributed by atoms with Gasteiger partial charge in [0.2, 0.25) is 0 Å². The molecule has 9 heteroatoms. The first-order chi connectivity index (χ1) is 14.9. The van der Waals surface area contributed by atoms with Gasteiger partial charge in [-0.25, -0.2) is 9.37 Å². The average molecular weight is 421 g/mol. The van der Waals surface area contributed by atoms with Crippen LogP contribution in [0.1, 0.15) is 23.0 Å². The standard InChI is InChI=1S/C22H24FN7O/c1-13-9-29(7-6-24-13)19-5-4-16(20-17(19)12-28(3)27-20)22(31)26-15-8-18(23)21-25-14(2)10-30(21)11-15/h4-5,8,10-13,24H,6-7,9H2,1-3H3,(H,26,31). The van der Waals surface area contributed by atoms with E-state index >= 15 is 0 Å². The van der Waals surface area contributed by atoms with Crippen LogP contribution in [-0.2, 0) is 7.05 Å². The molecule has 4 aromatic rings. The second-order valence-electron chi connectivity index (χ2n) is 8.14. The van der Waals surface area contributed by atoms with Gasteiger partial charge in [-0.2, -0.15) is 5.10 Å². The topological polar surface area (TPSA) is 79.5 Å². The first kappa shape index (κ1) is 19.5. The van der Waals surface area contributed by atoms with E-state index in [0.717, 1.165) is 30.7 Å². The van der Waals surface area contributed by atoms with Crippen molar-refractivity contribution in [1.29, 1.82) is 0 Å². The zero-order chi connectivity index (χ0) is 21.7. The summed E-state index contributed by atoms with van der Waals surface area (Å²) < 4.78 is 17.7. The molecule has 0 radical (unpaired) electrons. The summed E-state index contributed by atoms with van der Waals surface area (Å²) in [5.41, 5.74) is 3.44. The SMILES string of the molecule is Cc1cn2cc(NC(=O)c3ccc(N4CCNC(C)C4)c4cn(C)nc34)cc(F)c2n1. The number of carbonyl (C=O) groups is 1. The molecule has 160 valence electrons. The summed E-state index contributed by atoms with van der Waals surface area (Å²) in [5, 5.41) is 11.7. The van der Waals surface area contributed by atoms with E-state index in [-0.39, 0.29) is 11.6 Å². The third-order valence-electron chi connectivity index (χ3n) is 5.61. The van der Waals surface area contributed by atoms with Gasteiger partial charge in [0.1, 0.15) is 5.52 Å². The van der Waals surface area contributed by atoms with Gasteiger partial charge in [0.15, 0.2) is 11.5 Å². The van der Waals surface area contributed by atoms with Gasteiger partial charge in [0, 0.05) is 68.5 Å². The number of aryl methyl sites for hydroxylation is 2. The van der Waals surface area contributed by atoms with E-state index < -0.39 is 5.82 Å². The van der Waals surface area contributed by atoms with Crippen molar-refractivity contribution in [2.75, 3.05) is 29.9 Å². The number of nitrogens with zero attached hydrogens (tertiary/aromatic N) is 5. The van der Waals surface area contributed by atoms with Crippen LogP contribution in [0.5, 0.6) is 0 Å². The largest absolute Gasteiger partial charge is 0.368 e. The summed E-state index contributed by atoms with van der Waals surface area (Å²) in [7, 11) is 1.84. The Hall–Kier alpha value is -3.46. The quantitative estimate of drug-likeness (QED) is 0.532. The number of nitrogens with one attached hydrogen (secondary N) is 2. The van der Waals surface area contributed by atoms with Crippen LogP contribution < -0.4 is 15.5 Å². The fraction of sp³-hybridized carbons (Fsp3) is 0.318. The van der Waals surface area contributed by atoms with Gasteiger partial charge in [0.25, 0.3) is 5.91 Å². The number of aromatic nitrogens is 4. The van der Waals surface area contributed by atoms with Crippen molar-refractivity contribution in [3.63, 3.8) is 0 Å².